The van der Waals surface area contributed by atoms with Crippen molar-refractivity contribution in [1.82, 2.24) is 25.4 Å². The molecule has 2 aromatic heterocycles. The third-order valence-corrected chi connectivity index (χ3v) is 7.41. The number of hydrogen-bond acceptors (Lipinski definition) is 4. The average molecular weight is 507 g/mol. The molecule has 4 heterocycles. The van der Waals surface area contributed by atoms with Crippen LogP contribution in [0.2, 0.25) is 0 Å². The molecule has 38 heavy (non-hydrogen) atoms. The van der Waals surface area contributed by atoms with Crippen molar-refractivity contribution in [3.05, 3.63) is 89.0 Å². The fourth-order valence-electron chi connectivity index (χ4n) is 5.33. The van der Waals surface area contributed by atoms with Crippen LogP contribution in [0.5, 0.6) is 0 Å². The highest BCUT2D eigenvalue weighted by Gasteiger charge is 2.27. The Hall–Kier alpha value is -4.43. The van der Waals surface area contributed by atoms with Crippen LogP contribution >= 0.6 is 0 Å². The van der Waals surface area contributed by atoms with Gasteiger partial charge in [0.1, 0.15) is 0 Å². The molecule has 0 aliphatic carbocycles. The van der Waals surface area contributed by atoms with Crippen LogP contribution in [-0.2, 0) is 4.79 Å². The number of carbonyl (C=O) groups is 2. The van der Waals surface area contributed by atoms with Crippen molar-refractivity contribution in [1.29, 1.82) is 0 Å². The van der Waals surface area contributed by atoms with E-state index >= 15 is 0 Å². The summed E-state index contributed by atoms with van der Waals surface area (Å²) >= 11 is 0. The van der Waals surface area contributed by atoms with Gasteiger partial charge in [-0.2, -0.15) is 5.10 Å². The number of hydrogen-bond donors (Lipinski definition) is 4. The summed E-state index contributed by atoms with van der Waals surface area (Å²) in [4.78, 5) is 29.4. The van der Waals surface area contributed by atoms with E-state index in [2.05, 4.69) is 26.0 Å². The monoisotopic (exact) mass is 506 g/mol. The Morgan fingerprint density at radius 1 is 1.08 bits per heavy atom. The molecule has 1 saturated heterocycles. The number of rotatable bonds is 5. The van der Waals surface area contributed by atoms with E-state index < -0.39 is 0 Å². The summed E-state index contributed by atoms with van der Waals surface area (Å²) in [6, 6.07) is 16.0. The summed E-state index contributed by atoms with van der Waals surface area (Å²) in [5.41, 5.74) is 8.10. The van der Waals surface area contributed by atoms with Crippen LogP contribution < -0.4 is 16.0 Å². The Labute approximate surface area is 221 Å². The molecule has 6 rings (SSSR count). The minimum atomic E-state index is -0.163. The van der Waals surface area contributed by atoms with Gasteiger partial charge in [0.2, 0.25) is 0 Å². The molecule has 2 aliphatic heterocycles. The van der Waals surface area contributed by atoms with Crippen molar-refractivity contribution < 1.29 is 9.59 Å². The van der Waals surface area contributed by atoms with Crippen LogP contribution in [0.1, 0.15) is 45.7 Å². The zero-order valence-electron chi connectivity index (χ0n) is 21.5. The van der Waals surface area contributed by atoms with Gasteiger partial charge in [-0.15, -0.1) is 0 Å². The molecule has 2 aromatic carbocycles. The predicted molar refractivity (Wildman–Crippen MR) is 149 cm³/mol. The van der Waals surface area contributed by atoms with Gasteiger partial charge in [-0.1, -0.05) is 24.3 Å². The summed E-state index contributed by atoms with van der Waals surface area (Å²) in [6.07, 6.45) is 7.51. The number of carbonyl (C=O) groups excluding carboxylic acids is 2. The lowest BCUT2D eigenvalue weighted by atomic mass is 9.99. The van der Waals surface area contributed by atoms with Crippen molar-refractivity contribution in [3.8, 4) is 16.8 Å². The highest BCUT2D eigenvalue weighted by atomic mass is 16.2. The number of aromatic nitrogens is 3. The van der Waals surface area contributed by atoms with Crippen LogP contribution in [0.3, 0.4) is 0 Å². The van der Waals surface area contributed by atoms with Crippen molar-refractivity contribution >= 4 is 29.2 Å². The molecular formula is C30H30N6O2. The smallest absolute Gasteiger partial charge is 0.256 e. The van der Waals surface area contributed by atoms with Crippen molar-refractivity contribution in [3.63, 3.8) is 0 Å². The quantitative estimate of drug-likeness (QED) is 0.300. The number of aryl methyl sites for hydroxylation is 1. The zero-order valence-corrected chi connectivity index (χ0v) is 21.5. The number of para-hydroxylation sites is 1. The van der Waals surface area contributed by atoms with E-state index in [4.69, 9.17) is 0 Å². The van der Waals surface area contributed by atoms with Gasteiger partial charge in [0.15, 0.2) is 0 Å². The maximum Gasteiger partial charge on any atom is 0.256 e. The van der Waals surface area contributed by atoms with Gasteiger partial charge >= 0.3 is 0 Å². The van der Waals surface area contributed by atoms with Gasteiger partial charge in [-0.05, 0) is 81.2 Å². The summed E-state index contributed by atoms with van der Waals surface area (Å²) in [6.45, 7) is 5.65. The average Bonchev–Trinajstić information content (AvgIpc) is 3.61. The van der Waals surface area contributed by atoms with E-state index in [0.717, 1.165) is 70.9 Å². The molecule has 0 atom stereocenters. The second-order valence-corrected chi connectivity index (χ2v) is 9.94. The normalized spacial score (nSPS) is 16.5. The number of anilines is 1. The fraction of sp³-hybridized carbons (Fsp3) is 0.233. The van der Waals surface area contributed by atoms with E-state index in [1.54, 1.807) is 0 Å². The van der Waals surface area contributed by atoms with Crippen LogP contribution in [0.15, 0.2) is 60.9 Å². The number of fused-ring (bicyclic) bond motifs is 1. The summed E-state index contributed by atoms with van der Waals surface area (Å²) < 4.78 is 1.84. The van der Waals surface area contributed by atoms with Crippen LogP contribution in [0.25, 0.3) is 28.5 Å². The molecule has 192 valence electrons. The largest absolute Gasteiger partial charge is 0.358 e. The molecule has 0 saturated carbocycles. The first kappa shape index (κ1) is 23.9. The molecule has 0 unspecified atom stereocenters. The summed E-state index contributed by atoms with van der Waals surface area (Å²) in [5, 5.41) is 14.0. The molecule has 2 aliphatic rings. The van der Waals surface area contributed by atoms with Crippen molar-refractivity contribution in [2.24, 2.45) is 0 Å². The number of benzene rings is 2. The second kappa shape index (κ2) is 9.79. The van der Waals surface area contributed by atoms with Crippen molar-refractivity contribution in [2.45, 2.75) is 32.7 Å². The third-order valence-electron chi connectivity index (χ3n) is 7.41. The highest BCUT2D eigenvalue weighted by Crippen LogP contribution is 2.37. The fourth-order valence-corrected chi connectivity index (χ4v) is 5.33. The van der Waals surface area contributed by atoms with Gasteiger partial charge < -0.3 is 20.9 Å². The minimum Gasteiger partial charge on any atom is -0.358 e. The predicted octanol–water partition coefficient (Wildman–Crippen LogP) is 4.46. The number of piperidine rings is 1. The van der Waals surface area contributed by atoms with Gasteiger partial charge in [-0.3, -0.25) is 9.59 Å². The molecule has 2 amide bonds. The first-order chi connectivity index (χ1) is 18.5. The second-order valence-electron chi connectivity index (χ2n) is 9.94. The number of nitrogens with zero attached hydrogens (tertiary/aromatic N) is 2. The first-order valence-electron chi connectivity index (χ1n) is 13.0. The zero-order chi connectivity index (χ0) is 26.2. The number of H-pyrrole nitrogens is 1. The first-order valence-corrected chi connectivity index (χ1v) is 13.0. The highest BCUT2D eigenvalue weighted by molar-refractivity contribution is 6.35. The lowest BCUT2D eigenvalue weighted by Gasteiger charge is -2.23. The Morgan fingerprint density at radius 2 is 1.87 bits per heavy atom. The van der Waals surface area contributed by atoms with Gasteiger partial charge in [0, 0.05) is 40.4 Å². The number of amides is 2. The third kappa shape index (κ3) is 4.43. The molecule has 4 aromatic rings. The maximum atomic E-state index is 13.1. The molecular weight excluding hydrogens is 476 g/mol. The van der Waals surface area contributed by atoms with E-state index in [1.165, 1.54) is 0 Å². The standard InChI is InChI=1S/C30H30N6O2/c1-18-27(33-19(2)28(18)30(38)34-22-10-12-31-13-11-22)15-25-24-14-20(8-9-26(24)35-29(25)37)21-16-32-36(17-21)23-6-4-3-5-7-23/h3-9,14-17,22,31,33H,10-13H2,1-2H3,(H,34,38)(H,35,37)/b25-15-. The number of nitrogens with one attached hydrogen (secondary N) is 4. The summed E-state index contributed by atoms with van der Waals surface area (Å²) in [5.74, 6) is -0.230. The van der Waals surface area contributed by atoms with E-state index in [1.807, 2.05) is 85.5 Å². The van der Waals surface area contributed by atoms with Crippen LogP contribution in [0.4, 0.5) is 5.69 Å². The van der Waals surface area contributed by atoms with Crippen LogP contribution in [-0.4, -0.2) is 45.7 Å². The van der Waals surface area contributed by atoms with Gasteiger partial charge in [0.05, 0.1) is 23.0 Å². The Kier molecular flexibility index (Phi) is 6.17. The van der Waals surface area contributed by atoms with E-state index in [0.29, 0.717) is 11.1 Å². The Bertz CT molecular complexity index is 1560. The molecule has 0 radical (unpaired) electrons. The molecule has 8 heteroatoms. The topological polar surface area (TPSA) is 104 Å². The number of aromatic amines is 1. The lowest BCUT2D eigenvalue weighted by molar-refractivity contribution is -0.110. The SMILES string of the molecule is Cc1[nH]c(/C=C2\C(=O)Nc3ccc(-c4cnn(-c5ccccc5)c4)cc32)c(C)c1C(=O)NC1CCNCC1. The van der Waals surface area contributed by atoms with E-state index in [9.17, 15) is 9.59 Å². The summed E-state index contributed by atoms with van der Waals surface area (Å²) in [7, 11) is 0. The van der Waals surface area contributed by atoms with Crippen molar-refractivity contribution in [2.75, 3.05) is 18.4 Å². The minimum absolute atomic E-state index is 0.0678. The Balaban J connectivity index is 1.30. The van der Waals surface area contributed by atoms with Gasteiger partial charge in [0.25, 0.3) is 11.8 Å². The molecule has 0 bridgehead atoms. The van der Waals surface area contributed by atoms with E-state index in [-0.39, 0.29) is 17.9 Å². The van der Waals surface area contributed by atoms with Crippen LogP contribution in [0, 0.1) is 13.8 Å². The lowest BCUT2D eigenvalue weighted by Crippen LogP contribution is -2.42. The maximum absolute atomic E-state index is 13.1. The molecule has 8 nitrogen and oxygen atoms in total. The molecule has 4 N–H and O–H groups in total. The Morgan fingerprint density at radius 3 is 2.66 bits per heavy atom. The molecule has 1 fully saturated rings. The molecule has 0 spiro atoms. The van der Waals surface area contributed by atoms with Gasteiger partial charge in [-0.25, -0.2) is 4.68 Å².